The molecule has 1 heterocycles. The second kappa shape index (κ2) is 9.01. The molecule has 0 radical (unpaired) electrons. The zero-order valence-corrected chi connectivity index (χ0v) is 16.3. The van der Waals surface area contributed by atoms with Crippen LogP contribution in [0.4, 0.5) is 0 Å². The van der Waals surface area contributed by atoms with Crippen molar-refractivity contribution in [3.05, 3.63) is 136 Å². The molecule has 5 heteroatoms. The molecule has 1 aromatic heterocycles. The van der Waals surface area contributed by atoms with Crippen LogP contribution in [0.1, 0.15) is 33.2 Å². The average molecular weight is 395 g/mol. The Hall–Kier alpha value is -3.99. The molecule has 0 atom stereocenters. The molecule has 4 rings (SSSR count). The molecule has 5 nitrogen and oxygen atoms in total. The lowest BCUT2D eigenvalue weighted by Gasteiger charge is -2.20. The zero-order valence-electron chi connectivity index (χ0n) is 16.3. The third kappa shape index (κ3) is 4.52. The van der Waals surface area contributed by atoms with Gasteiger partial charge in [-0.1, -0.05) is 91.0 Å². The van der Waals surface area contributed by atoms with Crippen molar-refractivity contribution in [1.29, 1.82) is 0 Å². The van der Waals surface area contributed by atoms with Crippen LogP contribution in [0.25, 0.3) is 0 Å². The van der Waals surface area contributed by atoms with Gasteiger partial charge in [-0.25, -0.2) is 4.68 Å². The number of benzene rings is 3. The first-order valence-corrected chi connectivity index (χ1v) is 9.73. The standard InChI is InChI=1S/C25H21N3O2/c29-23-17-16-22(27-28(23)18-19-10-4-1-5-11-19)25(30)26-24(20-12-6-2-7-13-20)21-14-8-3-9-15-21/h1-17,24H,18H2,(H,26,30). The first-order valence-electron chi connectivity index (χ1n) is 9.73. The summed E-state index contributed by atoms with van der Waals surface area (Å²) in [5.74, 6) is -0.338. The minimum atomic E-state index is -0.338. The Morgan fingerprint density at radius 3 is 1.87 bits per heavy atom. The highest BCUT2D eigenvalue weighted by atomic mass is 16.2. The Bertz CT molecular complexity index is 1130. The summed E-state index contributed by atoms with van der Waals surface area (Å²) >= 11 is 0. The summed E-state index contributed by atoms with van der Waals surface area (Å²) in [6.07, 6.45) is 0. The normalized spacial score (nSPS) is 10.7. The highest BCUT2D eigenvalue weighted by molar-refractivity contribution is 5.92. The fourth-order valence-electron chi connectivity index (χ4n) is 3.29. The molecule has 0 aliphatic carbocycles. The lowest BCUT2D eigenvalue weighted by Crippen LogP contribution is -2.32. The molecule has 1 N–H and O–H groups in total. The van der Waals surface area contributed by atoms with Gasteiger partial charge in [0.1, 0.15) is 5.69 Å². The molecule has 3 aromatic carbocycles. The van der Waals surface area contributed by atoms with E-state index >= 15 is 0 Å². The molecule has 0 saturated carbocycles. The SMILES string of the molecule is O=C(NC(c1ccccc1)c1ccccc1)c1ccc(=O)n(Cc2ccccc2)n1. The molecule has 0 saturated heterocycles. The van der Waals surface area contributed by atoms with Crippen LogP contribution in [0.2, 0.25) is 0 Å². The van der Waals surface area contributed by atoms with Crippen molar-refractivity contribution < 1.29 is 4.79 Å². The molecular weight excluding hydrogens is 374 g/mol. The first kappa shape index (κ1) is 19.3. The Morgan fingerprint density at radius 2 is 1.30 bits per heavy atom. The lowest BCUT2D eigenvalue weighted by atomic mass is 9.98. The average Bonchev–Trinajstić information content (AvgIpc) is 2.80. The number of aromatic nitrogens is 2. The van der Waals surface area contributed by atoms with Crippen LogP contribution in [0.5, 0.6) is 0 Å². The molecule has 0 spiro atoms. The fourth-order valence-corrected chi connectivity index (χ4v) is 3.29. The first-order chi connectivity index (χ1) is 14.7. The number of amides is 1. The van der Waals surface area contributed by atoms with Crippen LogP contribution in [0, 0.1) is 0 Å². The smallest absolute Gasteiger partial charge is 0.272 e. The lowest BCUT2D eigenvalue weighted by molar-refractivity contribution is 0.0935. The van der Waals surface area contributed by atoms with Crippen LogP contribution in [-0.4, -0.2) is 15.7 Å². The Balaban J connectivity index is 1.61. The number of hydrogen-bond donors (Lipinski definition) is 1. The van der Waals surface area contributed by atoms with E-state index in [-0.39, 0.29) is 23.2 Å². The van der Waals surface area contributed by atoms with Gasteiger partial charge >= 0.3 is 0 Å². The molecule has 0 unspecified atom stereocenters. The molecule has 1 amide bonds. The van der Waals surface area contributed by atoms with Gasteiger partial charge in [0.2, 0.25) is 0 Å². The third-order valence-corrected chi connectivity index (χ3v) is 4.82. The summed E-state index contributed by atoms with van der Waals surface area (Å²) < 4.78 is 1.31. The van der Waals surface area contributed by atoms with Crippen LogP contribution >= 0.6 is 0 Å². The number of rotatable bonds is 6. The van der Waals surface area contributed by atoms with Gasteiger partial charge in [0.05, 0.1) is 12.6 Å². The molecule has 0 aliphatic heterocycles. The van der Waals surface area contributed by atoms with E-state index in [1.165, 1.54) is 16.8 Å². The van der Waals surface area contributed by atoms with E-state index in [0.29, 0.717) is 6.54 Å². The molecule has 0 aliphatic rings. The van der Waals surface area contributed by atoms with Crippen molar-refractivity contribution in [1.82, 2.24) is 15.1 Å². The molecule has 30 heavy (non-hydrogen) atoms. The maximum atomic E-state index is 13.0. The largest absolute Gasteiger partial charge is 0.340 e. The van der Waals surface area contributed by atoms with Crippen LogP contribution < -0.4 is 10.9 Å². The van der Waals surface area contributed by atoms with E-state index in [0.717, 1.165) is 16.7 Å². The van der Waals surface area contributed by atoms with Gasteiger partial charge in [0, 0.05) is 6.07 Å². The zero-order chi connectivity index (χ0) is 20.8. The molecule has 4 aromatic rings. The Kier molecular flexibility index (Phi) is 5.80. The van der Waals surface area contributed by atoms with E-state index in [1.807, 2.05) is 91.0 Å². The number of hydrogen-bond acceptors (Lipinski definition) is 3. The van der Waals surface area contributed by atoms with Crippen molar-refractivity contribution >= 4 is 5.91 Å². The maximum Gasteiger partial charge on any atom is 0.272 e. The highest BCUT2D eigenvalue weighted by Gasteiger charge is 2.19. The van der Waals surface area contributed by atoms with Crippen LogP contribution in [0.3, 0.4) is 0 Å². The van der Waals surface area contributed by atoms with Gasteiger partial charge in [0.25, 0.3) is 11.5 Å². The van der Waals surface area contributed by atoms with Gasteiger partial charge in [-0.15, -0.1) is 0 Å². The minimum Gasteiger partial charge on any atom is -0.340 e. The molecule has 0 bridgehead atoms. The highest BCUT2D eigenvalue weighted by Crippen LogP contribution is 2.22. The van der Waals surface area contributed by atoms with Gasteiger partial charge in [-0.05, 0) is 22.8 Å². The summed E-state index contributed by atoms with van der Waals surface area (Å²) in [6.45, 7) is 0.307. The summed E-state index contributed by atoms with van der Waals surface area (Å²) in [7, 11) is 0. The summed E-state index contributed by atoms with van der Waals surface area (Å²) in [4.78, 5) is 25.3. The summed E-state index contributed by atoms with van der Waals surface area (Å²) in [6, 6.07) is 31.6. The van der Waals surface area contributed by atoms with Gasteiger partial charge < -0.3 is 5.32 Å². The topological polar surface area (TPSA) is 64.0 Å². The molecular formula is C25H21N3O2. The van der Waals surface area contributed by atoms with Gasteiger partial charge in [-0.2, -0.15) is 5.10 Å². The maximum absolute atomic E-state index is 13.0. The van der Waals surface area contributed by atoms with Crippen molar-refractivity contribution in [3.63, 3.8) is 0 Å². The number of nitrogens with zero attached hydrogens (tertiary/aromatic N) is 2. The Morgan fingerprint density at radius 1 is 0.767 bits per heavy atom. The van der Waals surface area contributed by atoms with E-state index in [4.69, 9.17) is 0 Å². The second-order valence-corrected chi connectivity index (χ2v) is 6.93. The predicted octanol–water partition coefficient (Wildman–Crippen LogP) is 3.81. The van der Waals surface area contributed by atoms with E-state index in [2.05, 4.69) is 10.4 Å². The number of nitrogens with one attached hydrogen (secondary N) is 1. The second-order valence-electron chi connectivity index (χ2n) is 6.93. The van der Waals surface area contributed by atoms with E-state index < -0.39 is 0 Å². The third-order valence-electron chi connectivity index (χ3n) is 4.82. The van der Waals surface area contributed by atoms with Crippen LogP contribution in [-0.2, 0) is 6.54 Å². The van der Waals surface area contributed by atoms with Crippen molar-refractivity contribution in [2.75, 3.05) is 0 Å². The monoisotopic (exact) mass is 395 g/mol. The Labute approximate surface area is 174 Å². The van der Waals surface area contributed by atoms with E-state index in [1.54, 1.807) is 0 Å². The van der Waals surface area contributed by atoms with Gasteiger partial charge in [-0.3, -0.25) is 9.59 Å². The van der Waals surface area contributed by atoms with Crippen molar-refractivity contribution in [3.8, 4) is 0 Å². The fraction of sp³-hybridized carbons (Fsp3) is 0.0800. The molecule has 148 valence electrons. The number of carbonyl (C=O) groups excluding carboxylic acids is 1. The molecule has 0 fully saturated rings. The van der Waals surface area contributed by atoms with E-state index in [9.17, 15) is 9.59 Å². The number of carbonyl (C=O) groups is 1. The summed E-state index contributed by atoms with van der Waals surface area (Å²) in [5, 5.41) is 7.36. The van der Waals surface area contributed by atoms with Crippen LogP contribution in [0.15, 0.2) is 108 Å². The predicted molar refractivity (Wildman–Crippen MR) is 116 cm³/mol. The van der Waals surface area contributed by atoms with Crippen molar-refractivity contribution in [2.45, 2.75) is 12.6 Å². The summed E-state index contributed by atoms with van der Waals surface area (Å²) in [5.41, 5.74) is 2.82. The van der Waals surface area contributed by atoms with Crippen molar-refractivity contribution in [2.24, 2.45) is 0 Å². The van der Waals surface area contributed by atoms with Gasteiger partial charge in [0.15, 0.2) is 0 Å². The quantitative estimate of drug-likeness (QED) is 0.540. The minimum absolute atomic E-state index is 0.197.